The molecule has 3 atom stereocenters. The summed E-state index contributed by atoms with van der Waals surface area (Å²) < 4.78 is 11.0. The molecule has 3 aliphatic rings. The largest absolute Gasteiger partial charge is 0.464 e. The zero-order chi connectivity index (χ0) is 20.3. The van der Waals surface area contributed by atoms with Crippen molar-refractivity contribution in [2.75, 3.05) is 0 Å². The Balaban J connectivity index is 1.83. The van der Waals surface area contributed by atoms with Crippen LogP contribution in [0, 0.1) is 11.8 Å². The summed E-state index contributed by atoms with van der Waals surface area (Å²) in [6.07, 6.45) is 14.1. The summed E-state index contributed by atoms with van der Waals surface area (Å²) in [6, 6.07) is 0. The molecule has 1 aliphatic carbocycles. The minimum Gasteiger partial charge on any atom is -0.464 e. The van der Waals surface area contributed by atoms with Gasteiger partial charge in [0.2, 0.25) is 5.78 Å². The van der Waals surface area contributed by atoms with Crippen LogP contribution in [-0.2, 0) is 23.9 Å². The second kappa shape index (κ2) is 8.29. The number of unbranched alkanes of at least 4 members (excludes halogenated alkanes) is 4. The number of hydrogen-bond acceptors (Lipinski definition) is 5. The van der Waals surface area contributed by atoms with E-state index in [2.05, 4.69) is 6.92 Å². The van der Waals surface area contributed by atoms with E-state index < -0.39 is 23.4 Å². The number of fused-ring (bicyclic) bond motifs is 2. The Kier molecular flexibility index (Phi) is 6.01. The molecule has 5 heteroatoms. The second-order valence-corrected chi connectivity index (χ2v) is 7.81. The molecule has 0 radical (unpaired) electrons. The van der Waals surface area contributed by atoms with Crippen molar-refractivity contribution in [3.8, 4) is 0 Å². The molecule has 5 nitrogen and oxygen atoms in total. The molecule has 3 rings (SSSR count). The first-order chi connectivity index (χ1) is 13.4. The predicted octanol–water partition coefficient (Wildman–Crippen LogP) is 4.35. The molecule has 0 unspecified atom stereocenters. The fraction of sp³-hybridized carbons (Fsp3) is 0.522. The van der Waals surface area contributed by atoms with E-state index >= 15 is 0 Å². The van der Waals surface area contributed by atoms with E-state index in [1.54, 1.807) is 19.1 Å². The highest BCUT2D eigenvalue weighted by atomic mass is 16.6. The predicted molar refractivity (Wildman–Crippen MR) is 105 cm³/mol. The summed E-state index contributed by atoms with van der Waals surface area (Å²) in [7, 11) is 0. The van der Waals surface area contributed by atoms with Crippen LogP contribution >= 0.6 is 0 Å². The topological polar surface area (TPSA) is 69.7 Å². The van der Waals surface area contributed by atoms with Gasteiger partial charge in [-0.15, -0.1) is 0 Å². The Morgan fingerprint density at radius 3 is 2.68 bits per heavy atom. The van der Waals surface area contributed by atoms with Crippen LogP contribution in [0.3, 0.4) is 0 Å². The summed E-state index contributed by atoms with van der Waals surface area (Å²) in [5.74, 6) is -1.90. The number of carbonyl (C=O) groups is 3. The number of ketones is 2. The van der Waals surface area contributed by atoms with Gasteiger partial charge in [0.25, 0.3) is 0 Å². The van der Waals surface area contributed by atoms with Crippen LogP contribution in [0.15, 0.2) is 47.5 Å². The van der Waals surface area contributed by atoms with Crippen molar-refractivity contribution >= 4 is 17.5 Å². The van der Waals surface area contributed by atoms with Crippen molar-refractivity contribution in [3.63, 3.8) is 0 Å². The first-order valence-electron chi connectivity index (χ1n) is 10.2. The molecule has 150 valence electrons. The first kappa shape index (κ1) is 20.3. The van der Waals surface area contributed by atoms with E-state index in [-0.39, 0.29) is 11.6 Å². The van der Waals surface area contributed by atoms with Crippen molar-refractivity contribution < 1.29 is 23.9 Å². The van der Waals surface area contributed by atoms with Crippen LogP contribution in [0.4, 0.5) is 0 Å². The van der Waals surface area contributed by atoms with Crippen LogP contribution in [0.1, 0.15) is 59.3 Å². The fourth-order valence-electron chi connectivity index (χ4n) is 4.14. The third kappa shape index (κ3) is 3.62. The van der Waals surface area contributed by atoms with Gasteiger partial charge in [-0.2, -0.15) is 0 Å². The maximum Gasteiger partial charge on any atom is 0.318 e. The lowest BCUT2D eigenvalue weighted by Crippen LogP contribution is -2.46. The number of esters is 1. The number of carbonyl (C=O) groups excluding carboxylic acids is 3. The Hall–Kier alpha value is -2.43. The molecular weight excluding hydrogens is 356 g/mol. The summed E-state index contributed by atoms with van der Waals surface area (Å²) in [6.45, 7) is 5.62. The summed E-state index contributed by atoms with van der Waals surface area (Å²) >= 11 is 0. The van der Waals surface area contributed by atoms with Gasteiger partial charge in [0.1, 0.15) is 23.7 Å². The Morgan fingerprint density at radius 2 is 1.96 bits per heavy atom. The number of allylic oxidation sites excluding steroid dienone is 4. The number of ether oxygens (including phenoxy) is 2. The van der Waals surface area contributed by atoms with Gasteiger partial charge < -0.3 is 9.47 Å². The third-order valence-electron chi connectivity index (χ3n) is 5.74. The third-order valence-corrected chi connectivity index (χ3v) is 5.74. The number of rotatable bonds is 8. The maximum atomic E-state index is 13.0. The molecule has 0 aromatic rings. The van der Waals surface area contributed by atoms with Gasteiger partial charge in [-0.25, -0.2) is 0 Å². The van der Waals surface area contributed by atoms with Crippen molar-refractivity contribution in [2.24, 2.45) is 11.8 Å². The zero-order valence-electron chi connectivity index (χ0n) is 16.8. The van der Waals surface area contributed by atoms with Crippen molar-refractivity contribution in [1.29, 1.82) is 0 Å². The molecule has 0 bridgehead atoms. The van der Waals surface area contributed by atoms with Gasteiger partial charge in [0.15, 0.2) is 5.60 Å². The highest BCUT2D eigenvalue weighted by Gasteiger charge is 2.61. The van der Waals surface area contributed by atoms with Crippen molar-refractivity contribution in [1.82, 2.24) is 0 Å². The van der Waals surface area contributed by atoms with Crippen LogP contribution in [0.25, 0.3) is 0 Å². The fourth-order valence-corrected chi connectivity index (χ4v) is 4.14. The monoisotopic (exact) mass is 384 g/mol. The Labute approximate surface area is 166 Å². The molecule has 0 N–H and O–H groups in total. The van der Waals surface area contributed by atoms with Crippen LogP contribution in [0.2, 0.25) is 0 Å². The number of Topliss-reactive ketones (excluding diaryl/α,β-unsaturated/α-hetero) is 2. The van der Waals surface area contributed by atoms with Gasteiger partial charge in [-0.05, 0) is 38.0 Å². The van der Waals surface area contributed by atoms with Crippen LogP contribution < -0.4 is 0 Å². The molecule has 0 spiro atoms. The standard InChI is InChI=1S/C23H28O5/c1-4-6-7-8-9-11-19(24)20-18-13-15-12-16(10-5-2)27-14-17(15)21(25)23(18,3)28-22(20)26/h5,10,12-14,18,20H,4,6-9,11H2,1-3H3/b10-5+/t18-,20+,23-/m1/s1. The molecule has 0 saturated carbocycles. The first-order valence-corrected chi connectivity index (χ1v) is 10.2. The van der Waals surface area contributed by atoms with E-state index in [4.69, 9.17) is 9.47 Å². The zero-order valence-corrected chi connectivity index (χ0v) is 16.8. The average Bonchev–Trinajstić information content (AvgIpc) is 2.92. The van der Waals surface area contributed by atoms with Gasteiger partial charge in [-0.1, -0.05) is 44.8 Å². The van der Waals surface area contributed by atoms with E-state index in [0.29, 0.717) is 23.3 Å². The van der Waals surface area contributed by atoms with Gasteiger partial charge in [0, 0.05) is 12.3 Å². The van der Waals surface area contributed by atoms with E-state index in [0.717, 1.165) is 32.1 Å². The Morgan fingerprint density at radius 1 is 1.21 bits per heavy atom. The molecule has 28 heavy (non-hydrogen) atoms. The smallest absolute Gasteiger partial charge is 0.318 e. The van der Waals surface area contributed by atoms with Gasteiger partial charge >= 0.3 is 5.97 Å². The molecule has 0 aromatic heterocycles. The van der Waals surface area contributed by atoms with E-state index in [1.807, 2.05) is 19.1 Å². The van der Waals surface area contributed by atoms with Gasteiger partial charge in [-0.3, -0.25) is 14.4 Å². The molecule has 1 saturated heterocycles. The van der Waals surface area contributed by atoms with Crippen LogP contribution in [0.5, 0.6) is 0 Å². The molecule has 0 amide bonds. The highest BCUT2D eigenvalue weighted by molar-refractivity contribution is 6.13. The molecule has 2 aliphatic heterocycles. The lowest BCUT2D eigenvalue weighted by Gasteiger charge is -2.34. The minimum absolute atomic E-state index is 0.128. The Bertz CT molecular complexity index is 798. The SMILES string of the molecule is C/C=C/C1=CC2=C[C@@H]3[C@@H](C(=O)CCCCCCC)C(=O)O[C@@]3(C)C(=O)C2=CO1. The summed E-state index contributed by atoms with van der Waals surface area (Å²) in [4.78, 5) is 38.4. The number of hydrogen-bond donors (Lipinski definition) is 0. The molecule has 1 fully saturated rings. The highest BCUT2D eigenvalue weighted by Crippen LogP contribution is 2.47. The van der Waals surface area contributed by atoms with E-state index in [1.165, 1.54) is 6.26 Å². The lowest BCUT2D eigenvalue weighted by atomic mass is 9.69. The quantitative estimate of drug-likeness (QED) is 0.354. The van der Waals surface area contributed by atoms with Crippen molar-refractivity contribution in [2.45, 2.75) is 64.9 Å². The molecule has 0 aromatic carbocycles. The van der Waals surface area contributed by atoms with Gasteiger partial charge in [0.05, 0.1) is 5.57 Å². The van der Waals surface area contributed by atoms with E-state index in [9.17, 15) is 14.4 Å². The minimum atomic E-state index is -1.34. The normalized spacial score (nSPS) is 28.8. The van der Waals surface area contributed by atoms with Crippen molar-refractivity contribution in [3.05, 3.63) is 47.5 Å². The van der Waals surface area contributed by atoms with Crippen LogP contribution in [-0.4, -0.2) is 23.1 Å². The average molecular weight is 384 g/mol. The second-order valence-electron chi connectivity index (χ2n) is 7.81. The summed E-state index contributed by atoms with van der Waals surface area (Å²) in [5.41, 5.74) is -0.275. The molecular formula is C23H28O5. The molecule has 2 heterocycles. The lowest BCUT2D eigenvalue weighted by molar-refractivity contribution is -0.157. The summed E-state index contributed by atoms with van der Waals surface area (Å²) in [5, 5.41) is 0. The maximum absolute atomic E-state index is 13.0.